The summed E-state index contributed by atoms with van der Waals surface area (Å²) in [5, 5.41) is 12.7. The molecule has 2 fully saturated rings. The van der Waals surface area contributed by atoms with E-state index in [1.807, 2.05) is 0 Å². The molecule has 2 N–H and O–H groups in total. The van der Waals surface area contributed by atoms with Gasteiger partial charge < -0.3 is 15.2 Å². The fourth-order valence-electron chi connectivity index (χ4n) is 1.90. The number of ether oxygens (including phenoxy) is 1. The van der Waals surface area contributed by atoms with Crippen molar-refractivity contribution in [3.05, 3.63) is 0 Å². The minimum absolute atomic E-state index is 0. The van der Waals surface area contributed by atoms with E-state index in [9.17, 15) is 9.90 Å². The standard InChI is InChI=1S/C8H14N2O3.ClH/c11-7-5-9-2-1-6(7)10-3-4-13-8(10)12;/h6-7,9,11H,1-5H2;1H/t6-,7+;/m0./s1. The number of nitrogens with zero attached hydrogens (tertiary/aromatic N) is 1. The molecule has 14 heavy (non-hydrogen) atoms. The molecule has 2 heterocycles. The van der Waals surface area contributed by atoms with E-state index in [0.29, 0.717) is 19.7 Å². The summed E-state index contributed by atoms with van der Waals surface area (Å²) in [4.78, 5) is 12.8. The van der Waals surface area contributed by atoms with Crippen molar-refractivity contribution in [1.29, 1.82) is 0 Å². The highest BCUT2D eigenvalue weighted by Crippen LogP contribution is 2.16. The van der Waals surface area contributed by atoms with Gasteiger partial charge in [-0.05, 0) is 13.0 Å². The number of amides is 1. The van der Waals surface area contributed by atoms with Crippen molar-refractivity contribution in [2.75, 3.05) is 26.2 Å². The van der Waals surface area contributed by atoms with Crippen LogP contribution >= 0.6 is 12.4 Å². The maximum absolute atomic E-state index is 11.2. The number of hydrogen-bond acceptors (Lipinski definition) is 4. The first-order chi connectivity index (χ1) is 6.29. The average molecular weight is 223 g/mol. The summed E-state index contributed by atoms with van der Waals surface area (Å²) < 4.78 is 4.82. The van der Waals surface area contributed by atoms with Crippen molar-refractivity contribution in [3.63, 3.8) is 0 Å². The Balaban J connectivity index is 0.000000980. The van der Waals surface area contributed by atoms with Crippen LogP contribution in [0.2, 0.25) is 0 Å². The highest BCUT2D eigenvalue weighted by molar-refractivity contribution is 5.85. The Kier molecular flexibility index (Phi) is 3.97. The number of carbonyl (C=O) groups excluding carboxylic acids is 1. The van der Waals surface area contributed by atoms with E-state index in [1.165, 1.54) is 0 Å². The van der Waals surface area contributed by atoms with E-state index in [0.717, 1.165) is 13.0 Å². The van der Waals surface area contributed by atoms with Crippen molar-refractivity contribution in [3.8, 4) is 0 Å². The van der Waals surface area contributed by atoms with Gasteiger partial charge in [-0.3, -0.25) is 4.90 Å². The Bertz CT molecular complexity index is 215. The molecule has 0 radical (unpaired) electrons. The molecule has 0 aromatic carbocycles. The maximum Gasteiger partial charge on any atom is 0.410 e. The number of aliphatic hydroxyl groups is 1. The first kappa shape index (κ1) is 11.6. The zero-order chi connectivity index (χ0) is 9.26. The van der Waals surface area contributed by atoms with E-state index in [-0.39, 0.29) is 24.5 Å². The molecule has 0 spiro atoms. The molecular formula is C8H15ClN2O3. The summed E-state index contributed by atoms with van der Waals surface area (Å²) in [5.74, 6) is 0. The lowest BCUT2D eigenvalue weighted by atomic mass is 10.0. The number of nitrogens with one attached hydrogen (secondary N) is 1. The summed E-state index contributed by atoms with van der Waals surface area (Å²) in [7, 11) is 0. The number of cyclic esters (lactones) is 1. The summed E-state index contributed by atoms with van der Waals surface area (Å²) >= 11 is 0. The SMILES string of the molecule is Cl.O=C1OCCN1[C@H]1CCNC[C@H]1O. The van der Waals surface area contributed by atoms with Crippen LogP contribution in [0, 0.1) is 0 Å². The molecule has 82 valence electrons. The number of β-amino-alcohol motifs (C(OH)–C–C–N with tert-alkyl or cyclic N) is 1. The summed E-state index contributed by atoms with van der Waals surface area (Å²) in [6.07, 6.45) is 0.0568. The second kappa shape index (κ2) is 4.82. The Hall–Kier alpha value is -0.520. The number of carbonyl (C=O) groups is 1. The smallest absolute Gasteiger partial charge is 0.410 e. The first-order valence-corrected chi connectivity index (χ1v) is 4.61. The van der Waals surface area contributed by atoms with Crippen molar-refractivity contribution in [2.45, 2.75) is 18.6 Å². The van der Waals surface area contributed by atoms with E-state index in [4.69, 9.17) is 4.74 Å². The van der Waals surface area contributed by atoms with Gasteiger partial charge in [0.15, 0.2) is 0 Å². The largest absolute Gasteiger partial charge is 0.448 e. The third-order valence-electron chi connectivity index (χ3n) is 2.61. The summed E-state index contributed by atoms with van der Waals surface area (Å²) in [6, 6.07) is -0.0590. The third kappa shape index (κ3) is 2.10. The number of halogens is 1. The van der Waals surface area contributed by atoms with Crippen molar-refractivity contribution < 1.29 is 14.6 Å². The third-order valence-corrected chi connectivity index (χ3v) is 2.61. The van der Waals surface area contributed by atoms with E-state index in [1.54, 1.807) is 4.90 Å². The van der Waals surface area contributed by atoms with Crippen LogP contribution in [0.25, 0.3) is 0 Å². The fraction of sp³-hybridized carbons (Fsp3) is 0.875. The molecule has 1 amide bonds. The van der Waals surface area contributed by atoms with Gasteiger partial charge in [0, 0.05) is 6.54 Å². The molecule has 0 saturated carbocycles. The van der Waals surface area contributed by atoms with Gasteiger partial charge in [-0.15, -0.1) is 12.4 Å². The van der Waals surface area contributed by atoms with Gasteiger partial charge in [0.2, 0.25) is 0 Å². The molecule has 2 aliphatic rings. The quantitative estimate of drug-likeness (QED) is 0.633. The normalized spacial score (nSPS) is 32.4. The van der Waals surface area contributed by atoms with Crippen LogP contribution in [0.15, 0.2) is 0 Å². The van der Waals surface area contributed by atoms with E-state index in [2.05, 4.69) is 5.32 Å². The second-order valence-corrected chi connectivity index (χ2v) is 3.44. The van der Waals surface area contributed by atoms with Crippen LogP contribution in [0.3, 0.4) is 0 Å². The van der Waals surface area contributed by atoms with Crippen LogP contribution in [-0.2, 0) is 4.74 Å². The second-order valence-electron chi connectivity index (χ2n) is 3.44. The number of hydrogen-bond donors (Lipinski definition) is 2. The van der Waals surface area contributed by atoms with Gasteiger partial charge in [0.05, 0.1) is 18.7 Å². The fourth-order valence-corrected chi connectivity index (χ4v) is 1.90. The predicted molar refractivity (Wildman–Crippen MR) is 52.6 cm³/mol. The van der Waals surface area contributed by atoms with Gasteiger partial charge in [-0.1, -0.05) is 0 Å². The lowest BCUT2D eigenvalue weighted by Crippen LogP contribution is -2.53. The minimum atomic E-state index is -0.459. The monoisotopic (exact) mass is 222 g/mol. The van der Waals surface area contributed by atoms with Crippen molar-refractivity contribution in [1.82, 2.24) is 10.2 Å². The molecule has 2 atom stereocenters. The maximum atomic E-state index is 11.2. The Labute approximate surface area is 88.8 Å². The van der Waals surface area contributed by atoms with Crippen LogP contribution in [0.5, 0.6) is 0 Å². The van der Waals surface area contributed by atoms with Gasteiger partial charge in [0.1, 0.15) is 6.61 Å². The molecule has 0 aliphatic carbocycles. The lowest BCUT2D eigenvalue weighted by Gasteiger charge is -2.33. The summed E-state index contributed by atoms with van der Waals surface area (Å²) in [6.45, 7) is 2.48. The highest BCUT2D eigenvalue weighted by Gasteiger charge is 2.35. The first-order valence-electron chi connectivity index (χ1n) is 4.61. The molecule has 2 rings (SSSR count). The molecule has 2 saturated heterocycles. The van der Waals surface area contributed by atoms with Gasteiger partial charge >= 0.3 is 6.09 Å². The Morgan fingerprint density at radius 1 is 1.57 bits per heavy atom. The number of rotatable bonds is 1. The molecule has 2 aliphatic heterocycles. The highest BCUT2D eigenvalue weighted by atomic mass is 35.5. The molecule has 6 heteroatoms. The predicted octanol–water partition coefficient (Wildman–Crippen LogP) is -0.417. The van der Waals surface area contributed by atoms with Crippen molar-refractivity contribution >= 4 is 18.5 Å². The zero-order valence-corrected chi connectivity index (χ0v) is 8.63. The minimum Gasteiger partial charge on any atom is -0.448 e. The number of aliphatic hydroxyl groups excluding tert-OH is 1. The average Bonchev–Trinajstić information content (AvgIpc) is 2.52. The molecule has 0 unspecified atom stereocenters. The van der Waals surface area contributed by atoms with Crippen LogP contribution in [-0.4, -0.2) is 54.5 Å². The van der Waals surface area contributed by atoms with Gasteiger partial charge in [-0.25, -0.2) is 4.79 Å². The topological polar surface area (TPSA) is 61.8 Å². The van der Waals surface area contributed by atoms with Crippen LogP contribution in [0.4, 0.5) is 4.79 Å². The van der Waals surface area contributed by atoms with E-state index >= 15 is 0 Å². The molecule has 5 nitrogen and oxygen atoms in total. The molecule has 0 bridgehead atoms. The number of piperidine rings is 1. The molecule has 0 aromatic rings. The van der Waals surface area contributed by atoms with Crippen LogP contribution < -0.4 is 5.32 Å². The van der Waals surface area contributed by atoms with E-state index < -0.39 is 6.10 Å². The van der Waals surface area contributed by atoms with Crippen LogP contribution in [0.1, 0.15) is 6.42 Å². The zero-order valence-electron chi connectivity index (χ0n) is 7.81. The lowest BCUT2D eigenvalue weighted by molar-refractivity contribution is 0.0499. The van der Waals surface area contributed by atoms with Gasteiger partial charge in [0.25, 0.3) is 0 Å². The van der Waals surface area contributed by atoms with Gasteiger partial charge in [-0.2, -0.15) is 0 Å². The van der Waals surface area contributed by atoms with Crippen molar-refractivity contribution in [2.24, 2.45) is 0 Å². The molecule has 0 aromatic heterocycles. The molecular weight excluding hydrogens is 208 g/mol. The Morgan fingerprint density at radius 3 is 2.93 bits per heavy atom. The summed E-state index contributed by atoms with van der Waals surface area (Å²) in [5.41, 5.74) is 0. The Morgan fingerprint density at radius 2 is 2.36 bits per heavy atom.